The van der Waals surface area contributed by atoms with Gasteiger partial charge in [0.05, 0.1) is 33.2 Å². The number of nitrogens with zero attached hydrogens (tertiary/aromatic N) is 1. The van der Waals surface area contributed by atoms with E-state index in [-0.39, 0.29) is 44.3 Å². The van der Waals surface area contributed by atoms with Crippen molar-refractivity contribution in [3.63, 3.8) is 0 Å². The Morgan fingerprint density at radius 3 is 2.05 bits per heavy atom. The van der Waals surface area contributed by atoms with Crippen molar-refractivity contribution in [1.29, 1.82) is 0 Å². The van der Waals surface area contributed by atoms with E-state index in [0.717, 1.165) is 6.07 Å². The quantitative estimate of drug-likeness (QED) is 0.206. The van der Waals surface area contributed by atoms with Gasteiger partial charge in [0.25, 0.3) is 10.1 Å². The van der Waals surface area contributed by atoms with Gasteiger partial charge in [0.2, 0.25) is 0 Å². The number of carbonyl (C=O) groups excluding carboxylic acids is 2. The lowest BCUT2D eigenvalue weighted by molar-refractivity contribution is 0.0980. The number of fused-ring (bicyclic) bond motifs is 2. The fourth-order valence-electron chi connectivity index (χ4n) is 4.44. The van der Waals surface area contributed by atoms with E-state index < -0.39 is 42.1 Å². The van der Waals surface area contributed by atoms with Crippen LogP contribution in [0.5, 0.6) is 0 Å². The van der Waals surface area contributed by atoms with Crippen molar-refractivity contribution < 1.29 is 31.0 Å². The van der Waals surface area contributed by atoms with Crippen LogP contribution < -0.4 is 11.1 Å². The molecule has 0 heterocycles. The molecule has 0 spiro atoms. The molecule has 0 bridgehead atoms. The van der Waals surface area contributed by atoms with Gasteiger partial charge in [-0.05, 0) is 37.4 Å². The van der Waals surface area contributed by atoms with Crippen molar-refractivity contribution in [2.75, 3.05) is 36.4 Å². The maximum absolute atomic E-state index is 13.4. The second-order valence-electron chi connectivity index (χ2n) is 8.76. The van der Waals surface area contributed by atoms with E-state index in [0.29, 0.717) is 19.6 Å². The lowest BCUT2D eigenvalue weighted by atomic mass is 9.82. The van der Waals surface area contributed by atoms with Crippen molar-refractivity contribution in [2.24, 2.45) is 0 Å². The zero-order valence-corrected chi connectivity index (χ0v) is 22.4. The summed E-state index contributed by atoms with van der Waals surface area (Å²) in [4.78, 5) is 28.0. The van der Waals surface area contributed by atoms with Gasteiger partial charge < -0.3 is 16.0 Å². The van der Waals surface area contributed by atoms with Gasteiger partial charge in [-0.25, -0.2) is 8.42 Å². The van der Waals surface area contributed by atoms with E-state index >= 15 is 0 Å². The molecule has 1 aliphatic rings. The number of hydrogen-bond acceptors (Lipinski definition) is 9. The fourth-order valence-corrected chi connectivity index (χ4v) is 6.41. The minimum Gasteiger partial charge on any atom is -0.397 e. The lowest BCUT2D eigenvalue weighted by Gasteiger charge is -2.23. The zero-order valence-electron chi connectivity index (χ0n) is 20.8. The van der Waals surface area contributed by atoms with Crippen LogP contribution in [0.15, 0.2) is 64.4 Å². The minimum absolute atomic E-state index is 0.0294. The highest BCUT2D eigenvalue weighted by Gasteiger charge is 2.36. The largest absolute Gasteiger partial charge is 0.397 e. The number of sulfone groups is 1. The van der Waals surface area contributed by atoms with Crippen molar-refractivity contribution in [2.45, 2.75) is 23.6 Å². The van der Waals surface area contributed by atoms with Gasteiger partial charge in [0.1, 0.15) is 4.90 Å². The number of nitrogen functional groups attached to an aromatic ring is 1. The van der Waals surface area contributed by atoms with Crippen LogP contribution in [0.3, 0.4) is 0 Å². The molecule has 0 amide bonds. The Hall–Kier alpha value is -3.58. The van der Waals surface area contributed by atoms with Crippen LogP contribution in [0.1, 0.15) is 45.7 Å². The van der Waals surface area contributed by atoms with Crippen LogP contribution in [0, 0.1) is 0 Å². The Balaban J connectivity index is 1.82. The molecular formula is C26H27N3O7S2. The first-order valence-electron chi connectivity index (χ1n) is 11.8. The summed E-state index contributed by atoms with van der Waals surface area (Å²) in [6.07, 6.45) is 0. The molecule has 0 radical (unpaired) electrons. The van der Waals surface area contributed by atoms with Crippen LogP contribution in [0.25, 0.3) is 0 Å². The maximum atomic E-state index is 13.4. The Labute approximate surface area is 221 Å². The molecule has 12 heteroatoms. The molecular weight excluding hydrogens is 530 g/mol. The molecule has 3 aromatic carbocycles. The molecule has 0 aromatic heterocycles. The average molecular weight is 558 g/mol. The highest BCUT2D eigenvalue weighted by Crippen LogP contribution is 2.40. The molecule has 1 aliphatic carbocycles. The molecule has 4 N–H and O–H groups in total. The molecule has 200 valence electrons. The number of anilines is 3. The molecule has 10 nitrogen and oxygen atoms in total. The Morgan fingerprint density at radius 1 is 0.868 bits per heavy atom. The molecule has 38 heavy (non-hydrogen) atoms. The number of benzene rings is 3. The summed E-state index contributed by atoms with van der Waals surface area (Å²) in [5, 5.41) is 2.87. The summed E-state index contributed by atoms with van der Waals surface area (Å²) in [6, 6.07) is 12.8. The van der Waals surface area contributed by atoms with Crippen molar-refractivity contribution in [1.82, 2.24) is 4.90 Å². The van der Waals surface area contributed by atoms with Crippen molar-refractivity contribution in [3.05, 3.63) is 76.9 Å². The monoisotopic (exact) mass is 557 g/mol. The van der Waals surface area contributed by atoms with Gasteiger partial charge in [0.15, 0.2) is 21.4 Å². The maximum Gasteiger partial charge on any atom is 0.296 e. The summed E-state index contributed by atoms with van der Waals surface area (Å²) in [6.45, 7) is 5.66. The molecule has 0 saturated heterocycles. The Kier molecular flexibility index (Phi) is 7.44. The summed E-state index contributed by atoms with van der Waals surface area (Å²) in [5.74, 6) is -1.35. The van der Waals surface area contributed by atoms with Crippen LogP contribution in [0.4, 0.5) is 17.1 Å². The first-order chi connectivity index (χ1) is 17.9. The third-order valence-electron chi connectivity index (χ3n) is 6.52. The van der Waals surface area contributed by atoms with E-state index in [1.54, 1.807) is 12.1 Å². The van der Waals surface area contributed by atoms with E-state index in [2.05, 4.69) is 5.32 Å². The molecule has 0 atom stereocenters. The normalized spacial score (nSPS) is 13.4. The number of rotatable bonds is 9. The van der Waals surface area contributed by atoms with E-state index in [4.69, 9.17) is 5.73 Å². The van der Waals surface area contributed by atoms with Gasteiger partial charge in [-0.1, -0.05) is 44.2 Å². The van der Waals surface area contributed by atoms with Gasteiger partial charge in [0, 0.05) is 23.4 Å². The number of nitrogens with two attached hydrogens (primary N) is 1. The summed E-state index contributed by atoms with van der Waals surface area (Å²) in [7, 11) is -8.55. The van der Waals surface area contributed by atoms with Gasteiger partial charge in [-0.3, -0.25) is 14.1 Å². The minimum atomic E-state index is -4.88. The number of carbonyl (C=O) groups is 2. The number of hydrogen-bond donors (Lipinski definition) is 3. The fraction of sp³-hybridized carbons (Fsp3) is 0.231. The molecule has 0 fully saturated rings. The third kappa shape index (κ3) is 5.07. The first kappa shape index (κ1) is 27.5. The van der Waals surface area contributed by atoms with Crippen LogP contribution >= 0.6 is 0 Å². The summed E-state index contributed by atoms with van der Waals surface area (Å²) < 4.78 is 60.0. The van der Waals surface area contributed by atoms with Crippen molar-refractivity contribution in [3.8, 4) is 0 Å². The Morgan fingerprint density at radius 2 is 1.47 bits per heavy atom. The second-order valence-corrected chi connectivity index (χ2v) is 12.3. The molecule has 0 aliphatic heterocycles. The van der Waals surface area contributed by atoms with E-state index in [1.807, 2.05) is 18.7 Å². The van der Waals surface area contributed by atoms with Gasteiger partial charge >= 0.3 is 0 Å². The highest BCUT2D eigenvalue weighted by molar-refractivity contribution is 7.91. The standard InChI is InChI=1S/C26H27N3O7S2/c1-3-29(4-2)12-13-37(32,33)17-9-7-8-16(14-17)28-20-15-21(38(34,35)36)24(27)23-22(20)25(30)18-10-5-6-11-19(18)26(23)31/h5-11,14-15,28H,3-4,12-13,27H2,1-2H3,(H,34,35,36). The predicted octanol–water partition coefficient (Wildman–Crippen LogP) is 3.15. The van der Waals surface area contributed by atoms with Crippen molar-refractivity contribution >= 4 is 48.6 Å². The molecule has 0 unspecified atom stereocenters. The first-order valence-corrected chi connectivity index (χ1v) is 14.9. The topological polar surface area (TPSA) is 164 Å². The van der Waals surface area contributed by atoms with Crippen LogP contribution in [0.2, 0.25) is 0 Å². The third-order valence-corrected chi connectivity index (χ3v) is 9.11. The van der Waals surface area contributed by atoms with Crippen LogP contribution in [-0.2, 0) is 20.0 Å². The van der Waals surface area contributed by atoms with Gasteiger partial charge in [-0.2, -0.15) is 8.42 Å². The van der Waals surface area contributed by atoms with E-state index in [1.165, 1.54) is 36.4 Å². The predicted molar refractivity (Wildman–Crippen MR) is 144 cm³/mol. The average Bonchev–Trinajstić information content (AvgIpc) is 2.88. The summed E-state index contributed by atoms with van der Waals surface area (Å²) >= 11 is 0. The van der Waals surface area contributed by atoms with Gasteiger partial charge in [-0.15, -0.1) is 0 Å². The molecule has 0 saturated carbocycles. The molecule has 4 rings (SSSR count). The van der Waals surface area contributed by atoms with Crippen LogP contribution in [-0.4, -0.2) is 63.2 Å². The summed E-state index contributed by atoms with van der Waals surface area (Å²) in [5.41, 5.74) is 5.20. The SMILES string of the molecule is CCN(CC)CCS(=O)(=O)c1cccc(Nc2cc(S(=O)(=O)O)c(N)c3c2C(=O)c2ccccc2C3=O)c1. The zero-order chi connectivity index (χ0) is 27.8. The number of nitrogens with one attached hydrogen (secondary N) is 1. The van der Waals surface area contributed by atoms with E-state index in [9.17, 15) is 31.0 Å². The Bertz CT molecular complexity index is 1660. The second kappa shape index (κ2) is 10.3. The smallest absolute Gasteiger partial charge is 0.296 e. The molecule has 3 aromatic rings. The highest BCUT2D eigenvalue weighted by atomic mass is 32.2. The number of ketones is 2. The lowest BCUT2D eigenvalue weighted by Crippen LogP contribution is -2.29.